The van der Waals surface area contributed by atoms with E-state index in [1.807, 2.05) is 0 Å². The van der Waals surface area contributed by atoms with Crippen molar-refractivity contribution >= 4 is 0 Å². The lowest BCUT2D eigenvalue weighted by Crippen LogP contribution is -2.05. The van der Waals surface area contributed by atoms with Crippen molar-refractivity contribution in [2.45, 2.75) is 46.5 Å². The van der Waals surface area contributed by atoms with E-state index in [2.05, 4.69) is 39.0 Å². The van der Waals surface area contributed by atoms with Crippen LogP contribution in [0.3, 0.4) is 0 Å². The highest BCUT2D eigenvalue weighted by Crippen LogP contribution is 2.26. The van der Waals surface area contributed by atoms with E-state index in [0.29, 0.717) is 0 Å². The molecule has 0 saturated carbocycles. The zero-order valence-corrected chi connectivity index (χ0v) is 9.22. The van der Waals surface area contributed by atoms with Gasteiger partial charge in [0.2, 0.25) is 0 Å². The van der Waals surface area contributed by atoms with Crippen molar-refractivity contribution in [1.29, 1.82) is 0 Å². The van der Waals surface area contributed by atoms with Crippen LogP contribution in [0.4, 0.5) is 0 Å². The SMILES string of the molecule is CC=C(C)C1CC=CC(C)CCC1. The van der Waals surface area contributed by atoms with Crippen LogP contribution in [0.25, 0.3) is 0 Å². The van der Waals surface area contributed by atoms with Crippen molar-refractivity contribution in [3.8, 4) is 0 Å². The fourth-order valence-corrected chi connectivity index (χ4v) is 2.02. The Labute approximate surface area is 82.7 Å². The molecule has 13 heavy (non-hydrogen) atoms. The number of hydrogen-bond donors (Lipinski definition) is 0. The van der Waals surface area contributed by atoms with Crippen LogP contribution in [0.15, 0.2) is 23.8 Å². The van der Waals surface area contributed by atoms with Crippen LogP contribution >= 0.6 is 0 Å². The summed E-state index contributed by atoms with van der Waals surface area (Å²) in [6, 6.07) is 0. The Balaban J connectivity index is 2.55. The molecule has 1 aliphatic carbocycles. The zero-order valence-electron chi connectivity index (χ0n) is 9.22. The minimum atomic E-state index is 0.798. The third-order valence-corrected chi connectivity index (χ3v) is 3.20. The van der Waals surface area contributed by atoms with Crippen LogP contribution in [0, 0.1) is 11.8 Å². The van der Waals surface area contributed by atoms with Crippen LogP contribution in [0.2, 0.25) is 0 Å². The molecule has 0 aromatic carbocycles. The van der Waals surface area contributed by atoms with Gasteiger partial charge in [-0.25, -0.2) is 0 Å². The first-order valence-corrected chi connectivity index (χ1v) is 5.53. The van der Waals surface area contributed by atoms with Gasteiger partial charge >= 0.3 is 0 Å². The second kappa shape index (κ2) is 5.26. The Morgan fingerprint density at radius 1 is 1.38 bits per heavy atom. The van der Waals surface area contributed by atoms with Crippen LogP contribution in [0.5, 0.6) is 0 Å². The van der Waals surface area contributed by atoms with E-state index in [1.165, 1.54) is 25.7 Å². The maximum absolute atomic E-state index is 2.38. The van der Waals surface area contributed by atoms with E-state index in [9.17, 15) is 0 Å². The quantitative estimate of drug-likeness (QED) is 0.524. The highest BCUT2D eigenvalue weighted by molar-refractivity contribution is 5.05. The number of allylic oxidation sites excluding steroid dienone is 4. The third kappa shape index (κ3) is 3.38. The topological polar surface area (TPSA) is 0 Å². The lowest BCUT2D eigenvalue weighted by Gasteiger charge is -2.19. The molecule has 0 amide bonds. The van der Waals surface area contributed by atoms with E-state index in [0.717, 1.165) is 11.8 Å². The fourth-order valence-electron chi connectivity index (χ4n) is 2.02. The highest BCUT2D eigenvalue weighted by Gasteiger charge is 2.11. The molecule has 0 bridgehead atoms. The summed E-state index contributed by atoms with van der Waals surface area (Å²) < 4.78 is 0. The monoisotopic (exact) mass is 178 g/mol. The molecule has 0 aromatic heterocycles. The summed E-state index contributed by atoms with van der Waals surface area (Å²) in [5, 5.41) is 0. The third-order valence-electron chi connectivity index (χ3n) is 3.20. The number of hydrogen-bond acceptors (Lipinski definition) is 0. The van der Waals surface area contributed by atoms with Crippen LogP contribution in [0.1, 0.15) is 46.5 Å². The summed E-state index contributed by atoms with van der Waals surface area (Å²) in [4.78, 5) is 0. The fraction of sp³-hybridized carbons (Fsp3) is 0.692. The Morgan fingerprint density at radius 3 is 2.85 bits per heavy atom. The molecular weight excluding hydrogens is 156 g/mol. The van der Waals surface area contributed by atoms with E-state index in [1.54, 1.807) is 5.57 Å². The van der Waals surface area contributed by atoms with Gasteiger partial charge < -0.3 is 0 Å². The summed E-state index contributed by atoms with van der Waals surface area (Å²) in [7, 11) is 0. The zero-order chi connectivity index (χ0) is 9.68. The predicted molar refractivity (Wildman–Crippen MR) is 59.7 cm³/mol. The first-order valence-electron chi connectivity index (χ1n) is 5.53. The minimum absolute atomic E-state index is 0.798. The second-order valence-corrected chi connectivity index (χ2v) is 4.30. The minimum Gasteiger partial charge on any atom is -0.0884 e. The van der Waals surface area contributed by atoms with Gasteiger partial charge in [0.25, 0.3) is 0 Å². The Morgan fingerprint density at radius 2 is 2.15 bits per heavy atom. The van der Waals surface area contributed by atoms with Crippen molar-refractivity contribution in [2.75, 3.05) is 0 Å². The molecule has 74 valence electrons. The van der Waals surface area contributed by atoms with Crippen LogP contribution in [-0.2, 0) is 0 Å². The normalized spacial score (nSPS) is 31.2. The molecule has 0 N–H and O–H groups in total. The van der Waals surface area contributed by atoms with Crippen molar-refractivity contribution in [1.82, 2.24) is 0 Å². The lowest BCUT2D eigenvalue weighted by atomic mass is 9.87. The summed E-state index contributed by atoms with van der Waals surface area (Å²) in [5.74, 6) is 1.61. The molecule has 0 aromatic rings. The van der Waals surface area contributed by atoms with Crippen molar-refractivity contribution in [2.24, 2.45) is 11.8 Å². The summed E-state index contributed by atoms with van der Waals surface area (Å²) in [5.41, 5.74) is 1.57. The summed E-state index contributed by atoms with van der Waals surface area (Å²) in [6.45, 7) is 6.74. The van der Waals surface area contributed by atoms with Gasteiger partial charge in [-0.2, -0.15) is 0 Å². The molecular formula is C13H22. The molecule has 0 nitrogen and oxygen atoms in total. The van der Waals surface area contributed by atoms with Gasteiger partial charge in [0.05, 0.1) is 0 Å². The Bertz CT molecular complexity index is 198. The predicted octanol–water partition coefficient (Wildman–Crippen LogP) is 4.34. The van der Waals surface area contributed by atoms with Gasteiger partial charge in [0.1, 0.15) is 0 Å². The highest BCUT2D eigenvalue weighted by atomic mass is 14.2. The summed E-state index contributed by atoms with van der Waals surface area (Å²) in [6.07, 6.45) is 12.4. The summed E-state index contributed by atoms with van der Waals surface area (Å²) >= 11 is 0. The van der Waals surface area contributed by atoms with Crippen LogP contribution < -0.4 is 0 Å². The second-order valence-electron chi connectivity index (χ2n) is 4.30. The largest absolute Gasteiger partial charge is 0.0884 e. The Hall–Kier alpha value is -0.520. The van der Waals surface area contributed by atoms with E-state index in [-0.39, 0.29) is 0 Å². The van der Waals surface area contributed by atoms with Crippen molar-refractivity contribution < 1.29 is 0 Å². The van der Waals surface area contributed by atoms with Crippen molar-refractivity contribution in [3.05, 3.63) is 23.8 Å². The first-order chi connectivity index (χ1) is 6.24. The average molecular weight is 178 g/mol. The average Bonchev–Trinajstić information content (AvgIpc) is 2.10. The first kappa shape index (κ1) is 10.6. The van der Waals surface area contributed by atoms with E-state index < -0.39 is 0 Å². The van der Waals surface area contributed by atoms with Crippen molar-refractivity contribution in [3.63, 3.8) is 0 Å². The molecule has 1 aliphatic rings. The maximum atomic E-state index is 2.38. The lowest BCUT2D eigenvalue weighted by molar-refractivity contribution is 0.477. The van der Waals surface area contributed by atoms with Crippen LogP contribution in [-0.4, -0.2) is 0 Å². The smallest absolute Gasteiger partial charge is 0.0172 e. The van der Waals surface area contributed by atoms with Gasteiger partial charge in [0.15, 0.2) is 0 Å². The molecule has 1 rings (SSSR count). The van der Waals surface area contributed by atoms with Gasteiger partial charge in [-0.3, -0.25) is 0 Å². The van der Waals surface area contributed by atoms with Gasteiger partial charge in [-0.1, -0.05) is 37.1 Å². The van der Waals surface area contributed by atoms with Gasteiger partial charge in [0, 0.05) is 0 Å². The standard InChI is InChI=1S/C13H22/c1-4-12(3)13-9-5-7-11(2)8-6-10-13/h4-5,7,11,13H,6,8-10H2,1-3H3. The molecule has 0 radical (unpaired) electrons. The molecule has 0 fully saturated rings. The molecule has 0 heteroatoms. The van der Waals surface area contributed by atoms with Gasteiger partial charge in [-0.15, -0.1) is 0 Å². The van der Waals surface area contributed by atoms with E-state index >= 15 is 0 Å². The maximum Gasteiger partial charge on any atom is -0.0172 e. The molecule has 2 unspecified atom stereocenters. The Kier molecular flexibility index (Phi) is 4.27. The molecule has 0 spiro atoms. The molecule has 0 heterocycles. The van der Waals surface area contributed by atoms with Gasteiger partial charge in [-0.05, 0) is 44.9 Å². The molecule has 0 aliphatic heterocycles. The number of rotatable bonds is 1. The molecule has 2 atom stereocenters. The van der Waals surface area contributed by atoms with E-state index in [4.69, 9.17) is 0 Å². The molecule has 0 saturated heterocycles.